The van der Waals surface area contributed by atoms with Crippen molar-refractivity contribution in [3.8, 4) is 0 Å². The molecule has 0 fully saturated rings. The predicted molar refractivity (Wildman–Crippen MR) is 171 cm³/mol. The quantitative estimate of drug-likeness (QED) is 0.0650. The fraction of sp³-hybridized carbons (Fsp3) is 0.371. The first kappa shape index (κ1) is 35.7. The highest BCUT2D eigenvalue weighted by Gasteiger charge is 2.21. The van der Waals surface area contributed by atoms with E-state index in [2.05, 4.69) is 10.6 Å². The first-order valence-corrected chi connectivity index (χ1v) is 15.4. The lowest BCUT2D eigenvalue weighted by Gasteiger charge is -2.21. The average Bonchev–Trinajstić information content (AvgIpc) is 3.08. The Bertz CT molecular complexity index is 1330. The summed E-state index contributed by atoms with van der Waals surface area (Å²) in [7, 11) is 0. The van der Waals surface area contributed by atoms with Crippen LogP contribution in [0.15, 0.2) is 91.0 Å². The molecule has 0 aliphatic heterocycles. The molecule has 46 heavy (non-hydrogen) atoms. The van der Waals surface area contributed by atoms with Gasteiger partial charge < -0.3 is 29.6 Å². The van der Waals surface area contributed by atoms with E-state index in [0.29, 0.717) is 38.9 Å². The van der Waals surface area contributed by atoms with Gasteiger partial charge in [0.1, 0.15) is 26.0 Å². The van der Waals surface area contributed by atoms with Gasteiger partial charge in [0.25, 0.3) is 0 Å². The summed E-state index contributed by atoms with van der Waals surface area (Å²) in [4.78, 5) is 51.0. The molecule has 0 heterocycles. The van der Waals surface area contributed by atoms with Crippen molar-refractivity contribution in [2.45, 2.75) is 52.2 Å². The minimum Gasteiger partial charge on any atom is -0.465 e. The van der Waals surface area contributed by atoms with Crippen LogP contribution < -0.4 is 10.6 Å². The maximum atomic E-state index is 12.7. The zero-order chi connectivity index (χ0) is 32.8. The van der Waals surface area contributed by atoms with Crippen LogP contribution in [-0.2, 0) is 53.2 Å². The number of nitrogens with one attached hydrogen (secondary N) is 2. The molecule has 2 N–H and O–H groups in total. The molecule has 0 aliphatic carbocycles. The Morgan fingerprint density at radius 1 is 0.696 bits per heavy atom. The van der Waals surface area contributed by atoms with Crippen LogP contribution >= 0.6 is 0 Å². The molecule has 1 atom stereocenters. The van der Waals surface area contributed by atoms with Crippen LogP contribution in [0.5, 0.6) is 0 Å². The van der Waals surface area contributed by atoms with E-state index in [0.717, 1.165) is 16.7 Å². The third-order valence-corrected chi connectivity index (χ3v) is 6.67. The Labute approximate surface area is 270 Å². The van der Waals surface area contributed by atoms with Crippen LogP contribution in [0.25, 0.3) is 0 Å². The minimum absolute atomic E-state index is 0.00544. The van der Waals surface area contributed by atoms with E-state index in [9.17, 15) is 19.2 Å². The SMILES string of the molecule is CCOC(=O)CN(CCCNCCCC(NC(=O)C(=O)OCc1ccccc1)OCc1ccccc1)C(=O)OCc1ccccc1. The maximum Gasteiger partial charge on any atom is 0.410 e. The van der Waals surface area contributed by atoms with Gasteiger partial charge in [-0.25, -0.2) is 9.59 Å². The number of rotatable bonds is 19. The number of hydrogen-bond donors (Lipinski definition) is 2. The van der Waals surface area contributed by atoms with Crippen LogP contribution in [0, 0.1) is 0 Å². The van der Waals surface area contributed by atoms with Crippen molar-refractivity contribution in [2.75, 3.05) is 32.8 Å². The monoisotopic (exact) mass is 633 g/mol. The summed E-state index contributed by atoms with van der Waals surface area (Å²) in [6.07, 6.45) is 0.340. The molecule has 11 nitrogen and oxygen atoms in total. The first-order valence-electron chi connectivity index (χ1n) is 15.4. The van der Waals surface area contributed by atoms with Gasteiger partial charge in [-0.1, -0.05) is 91.0 Å². The summed E-state index contributed by atoms with van der Waals surface area (Å²) in [5, 5.41) is 5.94. The fourth-order valence-corrected chi connectivity index (χ4v) is 4.30. The van der Waals surface area contributed by atoms with Gasteiger partial charge in [-0.05, 0) is 56.0 Å². The van der Waals surface area contributed by atoms with Gasteiger partial charge in [0.15, 0.2) is 0 Å². The molecule has 0 aliphatic rings. The van der Waals surface area contributed by atoms with Gasteiger partial charge in [0, 0.05) is 6.54 Å². The lowest BCUT2D eigenvalue weighted by atomic mass is 10.2. The third-order valence-electron chi connectivity index (χ3n) is 6.67. The van der Waals surface area contributed by atoms with Gasteiger partial charge in [-0.2, -0.15) is 0 Å². The summed E-state index contributed by atoms with van der Waals surface area (Å²) in [5.74, 6) is -2.35. The van der Waals surface area contributed by atoms with Crippen molar-refractivity contribution in [3.63, 3.8) is 0 Å². The van der Waals surface area contributed by atoms with E-state index in [4.69, 9.17) is 18.9 Å². The lowest BCUT2D eigenvalue weighted by Crippen LogP contribution is -2.42. The largest absolute Gasteiger partial charge is 0.465 e. The molecule has 0 saturated heterocycles. The van der Waals surface area contributed by atoms with Crippen molar-refractivity contribution in [1.82, 2.24) is 15.5 Å². The number of carbonyl (C=O) groups is 4. The topological polar surface area (TPSA) is 132 Å². The highest BCUT2D eigenvalue weighted by Crippen LogP contribution is 2.08. The number of esters is 2. The zero-order valence-electron chi connectivity index (χ0n) is 26.2. The molecule has 0 saturated carbocycles. The summed E-state index contributed by atoms with van der Waals surface area (Å²) < 4.78 is 21.5. The molecule has 11 heteroatoms. The van der Waals surface area contributed by atoms with Crippen molar-refractivity contribution < 1.29 is 38.1 Å². The molecule has 1 unspecified atom stereocenters. The van der Waals surface area contributed by atoms with E-state index in [-0.39, 0.29) is 33.0 Å². The Morgan fingerprint density at radius 3 is 1.83 bits per heavy atom. The smallest absolute Gasteiger partial charge is 0.410 e. The molecule has 3 rings (SSSR count). The zero-order valence-corrected chi connectivity index (χ0v) is 26.2. The molecule has 0 radical (unpaired) electrons. The van der Waals surface area contributed by atoms with E-state index in [1.165, 1.54) is 4.90 Å². The van der Waals surface area contributed by atoms with Crippen molar-refractivity contribution >= 4 is 23.9 Å². The summed E-state index contributed by atoms with van der Waals surface area (Å²) in [6.45, 7) is 3.54. The molecular formula is C35H43N3O8. The molecule has 2 amide bonds. The third kappa shape index (κ3) is 14.4. The van der Waals surface area contributed by atoms with Crippen LogP contribution in [0.4, 0.5) is 4.79 Å². The van der Waals surface area contributed by atoms with Gasteiger partial charge in [-0.3, -0.25) is 14.5 Å². The standard InChI is InChI=1S/C35H43N3O8/c1-2-43-32(39)24-38(35(42)46-27-30-18-10-5-11-19-30)23-13-22-36-21-12-20-31(44-25-28-14-6-3-7-15-28)37-33(40)34(41)45-26-29-16-8-4-9-17-29/h3-11,14-19,31,36H,2,12-13,20-27H2,1H3,(H,37,40). The highest BCUT2D eigenvalue weighted by atomic mass is 16.6. The molecule has 3 aromatic carbocycles. The Hall–Kier alpha value is -4.74. The molecule has 0 aromatic heterocycles. The molecule has 3 aromatic rings. The summed E-state index contributed by atoms with van der Waals surface area (Å²) >= 11 is 0. The molecule has 246 valence electrons. The van der Waals surface area contributed by atoms with Crippen LogP contribution in [0.2, 0.25) is 0 Å². The normalized spacial score (nSPS) is 11.2. The van der Waals surface area contributed by atoms with E-state index < -0.39 is 30.2 Å². The number of benzene rings is 3. The van der Waals surface area contributed by atoms with Crippen LogP contribution in [-0.4, -0.2) is 67.9 Å². The highest BCUT2D eigenvalue weighted by molar-refractivity contribution is 6.32. The van der Waals surface area contributed by atoms with Gasteiger partial charge in [0.2, 0.25) is 0 Å². The van der Waals surface area contributed by atoms with Crippen molar-refractivity contribution in [1.29, 1.82) is 0 Å². The summed E-state index contributed by atoms with van der Waals surface area (Å²) in [6, 6.07) is 27.9. The molecule has 0 spiro atoms. The molecular weight excluding hydrogens is 590 g/mol. The average molecular weight is 634 g/mol. The Morgan fingerprint density at radius 2 is 1.24 bits per heavy atom. The fourth-order valence-electron chi connectivity index (χ4n) is 4.30. The van der Waals surface area contributed by atoms with E-state index in [1.807, 2.05) is 78.9 Å². The number of carbonyl (C=O) groups excluding carboxylic acids is 4. The number of nitrogens with zero attached hydrogens (tertiary/aromatic N) is 1. The van der Waals surface area contributed by atoms with Crippen molar-refractivity contribution in [3.05, 3.63) is 108 Å². The second-order valence-electron chi connectivity index (χ2n) is 10.3. The van der Waals surface area contributed by atoms with Gasteiger partial charge in [0.05, 0.1) is 13.2 Å². The number of amides is 2. The summed E-state index contributed by atoms with van der Waals surface area (Å²) in [5.41, 5.74) is 2.56. The predicted octanol–water partition coefficient (Wildman–Crippen LogP) is 4.35. The minimum atomic E-state index is -0.982. The van der Waals surface area contributed by atoms with E-state index in [1.54, 1.807) is 19.1 Å². The van der Waals surface area contributed by atoms with E-state index >= 15 is 0 Å². The molecule has 0 bridgehead atoms. The number of hydrogen-bond acceptors (Lipinski definition) is 9. The van der Waals surface area contributed by atoms with Gasteiger partial charge in [-0.15, -0.1) is 0 Å². The second kappa shape index (κ2) is 21.1. The van der Waals surface area contributed by atoms with Crippen molar-refractivity contribution in [2.24, 2.45) is 0 Å². The maximum absolute atomic E-state index is 12.7. The second-order valence-corrected chi connectivity index (χ2v) is 10.3. The Balaban J connectivity index is 1.42. The number of ether oxygens (including phenoxy) is 4. The van der Waals surface area contributed by atoms with Gasteiger partial charge >= 0.3 is 23.9 Å². The first-order chi connectivity index (χ1) is 22.4. The van der Waals surface area contributed by atoms with Crippen LogP contribution in [0.1, 0.15) is 42.9 Å². The lowest BCUT2D eigenvalue weighted by molar-refractivity contribution is -0.158. The Kier molecular flexibility index (Phi) is 16.4. The van der Waals surface area contributed by atoms with Crippen LogP contribution in [0.3, 0.4) is 0 Å².